The molecule has 2 heterocycles. The molecule has 2 unspecified atom stereocenters. The summed E-state index contributed by atoms with van der Waals surface area (Å²) in [4.78, 5) is 0. The standard InChI is InChI=1S/C15H20O4S/c1-2-19-12-5-3-11(4-6-12)15(16)9-13-7-8-14(10-15)20(13,17)18/h3-6,13-14,16H,2,7-10H2,1H3. The van der Waals surface area contributed by atoms with E-state index in [0.717, 1.165) is 11.3 Å². The first-order valence-corrected chi connectivity index (χ1v) is 8.75. The Kier molecular flexibility index (Phi) is 3.29. The van der Waals surface area contributed by atoms with Crippen LogP contribution in [0, 0.1) is 0 Å². The van der Waals surface area contributed by atoms with E-state index in [1.165, 1.54) is 0 Å². The van der Waals surface area contributed by atoms with Crippen molar-refractivity contribution in [1.29, 1.82) is 0 Å². The number of aliphatic hydroxyl groups is 1. The molecular weight excluding hydrogens is 276 g/mol. The highest BCUT2D eigenvalue weighted by Crippen LogP contribution is 2.47. The molecule has 0 amide bonds. The highest BCUT2D eigenvalue weighted by molar-refractivity contribution is 7.93. The Morgan fingerprint density at radius 1 is 1.20 bits per heavy atom. The Labute approximate surface area is 119 Å². The predicted octanol–water partition coefficient (Wildman–Crippen LogP) is 2.01. The summed E-state index contributed by atoms with van der Waals surface area (Å²) >= 11 is 0. The van der Waals surface area contributed by atoms with Gasteiger partial charge in [0.2, 0.25) is 0 Å². The Balaban J connectivity index is 1.87. The van der Waals surface area contributed by atoms with Gasteiger partial charge in [0.1, 0.15) is 5.75 Å². The Hall–Kier alpha value is -1.07. The van der Waals surface area contributed by atoms with Gasteiger partial charge in [-0.3, -0.25) is 0 Å². The second-order valence-electron chi connectivity index (χ2n) is 5.81. The van der Waals surface area contributed by atoms with Gasteiger partial charge < -0.3 is 9.84 Å². The molecule has 2 aliphatic heterocycles. The minimum absolute atomic E-state index is 0.319. The highest BCUT2D eigenvalue weighted by atomic mass is 32.2. The van der Waals surface area contributed by atoms with Crippen molar-refractivity contribution in [2.45, 2.75) is 48.7 Å². The van der Waals surface area contributed by atoms with Crippen LogP contribution < -0.4 is 4.74 Å². The highest BCUT2D eigenvalue weighted by Gasteiger charge is 2.53. The predicted molar refractivity (Wildman–Crippen MR) is 76.5 cm³/mol. The molecule has 4 nitrogen and oxygen atoms in total. The third-order valence-electron chi connectivity index (χ3n) is 4.57. The Bertz CT molecular complexity index is 571. The van der Waals surface area contributed by atoms with Gasteiger partial charge in [-0.25, -0.2) is 8.42 Å². The van der Waals surface area contributed by atoms with Crippen molar-refractivity contribution in [3.05, 3.63) is 29.8 Å². The van der Waals surface area contributed by atoms with E-state index in [4.69, 9.17) is 4.74 Å². The number of rotatable bonds is 3. The van der Waals surface area contributed by atoms with E-state index < -0.39 is 15.4 Å². The Morgan fingerprint density at radius 2 is 1.75 bits per heavy atom. The second-order valence-corrected chi connectivity index (χ2v) is 8.32. The fourth-order valence-corrected chi connectivity index (χ4v) is 6.00. The molecule has 0 spiro atoms. The van der Waals surface area contributed by atoms with Crippen LogP contribution in [0.1, 0.15) is 38.2 Å². The summed E-state index contributed by atoms with van der Waals surface area (Å²) in [6, 6.07) is 7.37. The van der Waals surface area contributed by atoms with Gasteiger partial charge in [-0.15, -0.1) is 0 Å². The molecule has 0 radical (unpaired) electrons. The van der Waals surface area contributed by atoms with E-state index in [0.29, 0.717) is 32.3 Å². The number of benzene rings is 1. The molecule has 5 heteroatoms. The normalized spacial score (nSPS) is 34.9. The summed E-state index contributed by atoms with van der Waals surface area (Å²) in [5, 5.41) is 10.1. The number of fused-ring (bicyclic) bond motifs is 2. The summed E-state index contributed by atoms with van der Waals surface area (Å²) in [6.45, 7) is 2.52. The van der Waals surface area contributed by atoms with Crippen LogP contribution in [0.15, 0.2) is 24.3 Å². The lowest BCUT2D eigenvalue weighted by Crippen LogP contribution is -2.43. The molecule has 1 aromatic rings. The van der Waals surface area contributed by atoms with Crippen molar-refractivity contribution in [3.8, 4) is 5.75 Å². The molecular formula is C15H20O4S. The van der Waals surface area contributed by atoms with E-state index in [1.54, 1.807) is 0 Å². The minimum atomic E-state index is -3.01. The van der Waals surface area contributed by atoms with Crippen molar-refractivity contribution >= 4 is 9.84 Å². The summed E-state index contributed by atoms with van der Waals surface area (Å²) in [5.74, 6) is 0.770. The van der Waals surface area contributed by atoms with E-state index in [2.05, 4.69) is 0 Å². The van der Waals surface area contributed by atoms with Crippen LogP contribution in [0.2, 0.25) is 0 Å². The zero-order valence-electron chi connectivity index (χ0n) is 11.6. The van der Waals surface area contributed by atoms with Gasteiger partial charge in [0.05, 0.1) is 22.7 Å². The molecule has 3 rings (SSSR count). The third kappa shape index (κ3) is 2.13. The first-order chi connectivity index (χ1) is 9.45. The molecule has 0 saturated carbocycles. The largest absolute Gasteiger partial charge is 0.494 e. The summed E-state index contributed by atoms with van der Waals surface area (Å²) in [7, 11) is -3.01. The van der Waals surface area contributed by atoms with Crippen LogP contribution in [-0.4, -0.2) is 30.6 Å². The minimum Gasteiger partial charge on any atom is -0.494 e. The zero-order valence-corrected chi connectivity index (χ0v) is 12.4. The molecule has 2 bridgehead atoms. The van der Waals surface area contributed by atoms with Crippen LogP contribution in [0.4, 0.5) is 0 Å². The van der Waals surface area contributed by atoms with Crippen molar-refractivity contribution in [3.63, 3.8) is 0 Å². The second kappa shape index (κ2) is 4.74. The smallest absolute Gasteiger partial charge is 0.156 e. The summed E-state index contributed by atoms with van der Waals surface area (Å²) < 4.78 is 29.6. The first-order valence-electron chi connectivity index (χ1n) is 7.14. The maximum atomic E-state index is 12.1. The quantitative estimate of drug-likeness (QED) is 0.927. The van der Waals surface area contributed by atoms with Gasteiger partial charge in [0.15, 0.2) is 9.84 Å². The lowest BCUT2D eigenvalue weighted by Gasteiger charge is -2.36. The van der Waals surface area contributed by atoms with Gasteiger partial charge in [0.25, 0.3) is 0 Å². The Morgan fingerprint density at radius 3 is 2.25 bits per heavy atom. The monoisotopic (exact) mass is 296 g/mol. The molecule has 2 saturated heterocycles. The molecule has 0 aliphatic carbocycles. The first kappa shape index (κ1) is 13.9. The van der Waals surface area contributed by atoms with Crippen molar-refractivity contribution in [1.82, 2.24) is 0 Å². The van der Waals surface area contributed by atoms with Crippen LogP contribution in [0.5, 0.6) is 5.75 Å². The third-order valence-corrected chi connectivity index (χ3v) is 7.24. The van der Waals surface area contributed by atoms with E-state index >= 15 is 0 Å². The van der Waals surface area contributed by atoms with Crippen LogP contribution in [-0.2, 0) is 15.4 Å². The van der Waals surface area contributed by atoms with Crippen LogP contribution in [0.3, 0.4) is 0 Å². The topological polar surface area (TPSA) is 63.6 Å². The summed E-state index contributed by atoms with van der Waals surface area (Å²) in [5.41, 5.74) is -0.213. The molecule has 1 N–H and O–H groups in total. The van der Waals surface area contributed by atoms with E-state index in [9.17, 15) is 13.5 Å². The summed E-state index contributed by atoms with van der Waals surface area (Å²) in [6.07, 6.45) is 2.01. The lowest BCUT2D eigenvalue weighted by atomic mass is 9.86. The molecule has 2 atom stereocenters. The average molecular weight is 296 g/mol. The molecule has 2 aliphatic rings. The number of hydrogen-bond donors (Lipinski definition) is 1. The number of ether oxygens (including phenoxy) is 1. The van der Waals surface area contributed by atoms with Gasteiger partial charge in [-0.1, -0.05) is 12.1 Å². The SMILES string of the molecule is CCOc1ccc(C2(O)CC3CCC(C2)S3(=O)=O)cc1. The molecule has 1 aromatic carbocycles. The van der Waals surface area contributed by atoms with Gasteiger partial charge in [-0.2, -0.15) is 0 Å². The maximum absolute atomic E-state index is 12.1. The average Bonchev–Trinajstić information content (AvgIpc) is 2.60. The molecule has 2 fully saturated rings. The molecule has 20 heavy (non-hydrogen) atoms. The fourth-order valence-electron chi connectivity index (χ4n) is 3.51. The van der Waals surface area contributed by atoms with Crippen molar-refractivity contribution in [2.24, 2.45) is 0 Å². The van der Waals surface area contributed by atoms with Crippen molar-refractivity contribution in [2.75, 3.05) is 6.61 Å². The molecule has 110 valence electrons. The van der Waals surface area contributed by atoms with Gasteiger partial charge >= 0.3 is 0 Å². The van der Waals surface area contributed by atoms with Gasteiger partial charge in [0, 0.05) is 0 Å². The van der Waals surface area contributed by atoms with Gasteiger partial charge in [-0.05, 0) is 50.3 Å². The number of hydrogen-bond acceptors (Lipinski definition) is 4. The van der Waals surface area contributed by atoms with Crippen LogP contribution >= 0.6 is 0 Å². The van der Waals surface area contributed by atoms with Crippen molar-refractivity contribution < 1.29 is 18.3 Å². The molecule has 0 aromatic heterocycles. The van der Waals surface area contributed by atoms with E-state index in [1.807, 2.05) is 31.2 Å². The number of sulfone groups is 1. The fraction of sp³-hybridized carbons (Fsp3) is 0.600. The van der Waals surface area contributed by atoms with E-state index in [-0.39, 0.29) is 10.5 Å². The lowest BCUT2D eigenvalue weighted by molar-refractivity contribution is 0.0173. The van der Waals surface area contributed by atoms with Crippen LogP contribution in [0.25, 0.3) is 0 Å². The zero-order chi connectivity index (χ0) is 14.4. The maximum Gasteiger partial charge on any atom is 0.156 e.